The first kappa shape index (κ1) is 29.1. The Morgan fingerprint density at radius 1 is 0.767 bits per heavy atom. The van der Waals surface area contributed by atoms with Crippen LogP contribution in [0.3, 0.4) is 0 Å². The fourth-order valence-electron chi connectivity index (χ4n) is 3.36. The number of rotatable bonds is 23. The van der Waals surface area contributed by atoms with Crippen LogP contribution in [-0.2, 0) is 14.3 Å². The van der Waals surface area contributed by atoms with Gasteiger partial charge in [-0.2, -0.15) is 0 Å². The van der Waals surface area contributed by atoms with Crippen molar-refractivity contribution >= 4 is 5.97 Å². The average Bonchev–Trinajstić information content (AvgIpc) is 2.75. The van der Waals surface area contributed by atoms with Gasteiger partial charge < -0.3 is 14.6 Å². The zero-order valence-corrected chi connectivity index (χ0v) is 20.0. The van der Waals surface area contributed by atoms with Crippen LogP contribution in [0, 0.1) is 0 Å². The SMILES string of the molecule is CCCC/C=C\CCCCCCCCOCC(CO)OC(=O)CCCCCCCC. The van der Waals surface area contributed by atoms with Crippen LogP contribution in [0.4, 0.5) is 0 Å². The largest absolute Gasteiger partial charge is 0.457 e. The molecule has 1 N–H and O–H groups in total. The second-order valence-corrected chi connectivity index (χ2v) is 8.41. The topological polar surface area (TPSA) is 55.8 Å². The van der Waals surface area contributed by atoms with E-state index in [0.717, 1.165) is 19.3 Å². The van der Waals surface area contributed by atoms with Gasteiger partial charge in [-0.1, -0.05) is 96.6 Å². The lowest BCUT2D eigenvalue weighted by molar-refractivity contribution is -0.154. The number of aliphatic hydroxyl groups excluding tert-OH is 1. The molecule has 0 aliphatic heterocycles. The molecule has 0 bridgehead atoms. The highest BCUT2D eigenvalue weighted by atomic mass is 16.6. The van der Waals surface area contributed by atoms with Crippen LogP contribution < -0.4 is 0 Å². The lowest BCUT2D eigenvalue weighted by atomic mass is 10.1. The van der Waals surface area contributed by atoms with Gasteiger partial charge in [0.25, 0.3) is 0 Å². The first-order chi connectivity index (χ1) is 14.7. The molecule has 0 fully saturated rings. The first-order valence-corrected chi connectivity index (χ1v) is 12.8. The molecule has 0 aliphatic rings. The van der Waals surface area contributed by atoms with Gasteiger partial charge in [-0.05, 0) is 32.1 Å². The van der Waals surface area contributed by atoms with Crippen molar-refractivity contribution in [2.45, 2.75) is 129 Å². The molecule has 0 spiro atoms. The van der Waals surface area contributed by atoms with E-state index < -0.39 is 6.10 Å². The molecule has 178 valence electrons. The number of allylic oxidation sites excluding steroid dienone is 2. The van der Waals surface area contributed by atoms with E-state index in [0.29, 0.717) is 19.6 Å². The molecule has 0 heterocycles. The summed E-state index contributed by atoms with van der Waals surface area (Å²) in [6.45, 7) is 5.23. The van der Waals surface area contributed by atoms with Gasteiger partial charge in [-0.25, -0.2) is 0 Å². The molecule has 0 aromatic rings. The molecular weight excluding hydrogens is 376 g/mol. The second-order valence-electron chi connectivity index (χ2n) is 8.41. The van der Waals surface area contributed by atoms with Crippen molar-refractivity contribution in [3.8, 4) is 0 Å². The van der Waals surface area contributed by atoms with Crippen LogP contribution in [0.15, 0.2) is 12.2 Å². The number of carbonyl (C=O) groups excluding carboxylic acids is 1. The van der Waals surface area contributed by atoms with Crippen molar-refractivity contribution in [3.63, 3.8) is 0 Å². The van der Waals surface area contributed by atoms with Crippen LogP contribution in [-0.4, -0.2) is 37.0 Å². The molecule has 0 radical (unpaired) electrons. The van der Waals surface area contributed by atoms with Crippen LogP contribution in [0.5, 0.6) is 0 Å². The molecule has 4 nitrogen and oxygen atoms in total. The third-order valence-electron chi connectivity index (χ3n) is 5.34. The maximum atomic E-state index is 11.9. The Morgan fingerprint density at radius 2 is 1.33 bits per heavy atom. The van der Waals surface area contributed by atoms with Gasteiger partial charge in [0.15, 0.2) is 0 Å². The van der Waals surface area contributed by atoms with Crippen LogP contribution in [0.1, 0.15) is 123 Å². The summed E-state index contributed by atoms with van der Waals surface area (Å²) in [5, 5.41) is 9.39. The Balaban J connectivity index is 3.45. The summed E-state index contributed by atoms with van der Waals surface area (Å²) in [6, 6.07) is 0. The molecule has 0 aromatic carbocycles. The Kier molecular flexibility index (Phi) is 23.7. The quantitative estimate of drug-likeness (QED) is 0.107. The van der Waals surface area contributed by atoms with E-state index in [2.05, 4.69) is 26.0 Å². The molecule has 0 aromatic heterocycles. The fourth-order valence-corrected chi connectivity index (χ4v) is 3.36. The average molecular weight is 427 g/mol. The summed E-state index contributed by atoms with van der Waals surface area (Å²) < 4.78 is 10.9. The van der Waals surface area contributed by atoms with Gasteiger partial charge >= 0.3 is 5.97 Å². The predicted molar refractivity (Wildman–Crippen MR) is 127 cm³/mol. The monoisotopic (exact) mass is 426 g/mol. The van der Waals surface area contributed by atoms with Gasteiger partial charge in [0.05, 0.1) is 13.2 Å². The van der Waals surface area contributed by atoms with Gasteiger partial charge in [-0.15, -0.1) is 0 Å². The maximum absolute atomic E-state index is 11.9. The number of aliphatic hydroxyl groups is 1. The molecule has 0 aliphatic carbocycles. The predicted octanol–water partition coefficient (Wildman–Crippen LogP) is 7.13. The zero-order valence-electron chi connectivity index (χ0n) is 20.0. The minimum Gasteiger partial charge on any atom is -0.457 e. The van der Waals surface area contributed by atoms with E-state index in [9.17, 15) is 9.90 Å². The summed E-state index contributed by atoms with van der Waals surface area (Å²) in [6.07, 6.45) is 23.8. The van der Waals surface area contributed by atoms with E-state index in [1.54, 1.807) is 0 Å². The second kappa shape index (κ2) is 24.4. The lowest BCUT2D eigenvalue weighted by Gasteiger charge is -2.15. The van der Waals surface area contributed by atoms with E-state index in [1.807, 2.05) is 0 Å². The molecule has 1 unspecified atom stereocenters. The molecule has 0 saturated carbocycles. The molecule has 30 heavy (non-hydrogen) atoms. The Labute approximate surface area is 186 Å². The number of ether oxygens (including phenoxy) is 2. The number of esters is 1. The van der Waals surface area contributed by atoms with Crippen molar-refractivity contribution < 1.29 is 19.4 Å². The number of hydrogen-bond donors (Lipinski definition) is 1. The highest BCUT2D eigenvalue weighted by Gasteiger charge is 2.13. The molecular formula is C26H50O4. The van der Waals surface area contributed by atoms with Crippen molar-refractivity contribution in [3.05, 3.63) is 12.2 Å². The summed E-state index contributed by atoms with van der Waals surface area (Å²) >= 11 is 0. The van der Waals surface area contributed by atoms with Crippen molar-refractivity contribution in [2.75, 3.05) is 19.8 Å². The summed E-state index contributed by atoms with van der Waals surface area (Å²) in [7, 11) is 0. The van der Waals surface area contributed by atoms with Crippen LogP contribution >= 0.6 is 0 Å². The summed E-state index contributed by atoms with van der Waals surface area (Å²) in [4.78, 5) is 11.9. The van der Waals surface area contributed by atoms with Crippen molar-refractivity contribution in [1.82, 2.24) is 0 Å². The molecule has 1 atom stereocenters. The molecule has 0 amide bonds. The maximum Gasteiger partial charge on any atom is 0.306 e. The normalized spacial score (nSPS) is 12.5. The number of carbonyl (C=O) groups is 1. The third kappa shape index (κ3) is 21.8. The van der Waals surface area contributed by atoms with Gasteiger partial charge in [0.1, 0.15) is 6.10 Å². The van der Waals surface area contributed by atoms with Gasteiger partial charge in [0, 0.05) is 13.0 Å². The fraction of sp³-hybridized carbons (Fsp3) is 0.885. The van der Waals surface area contributed by atoms with Crippen LogP contribution in [0.25, 0.3) is 0 Å². The Hall–Kier alpha value is -0.870. The highest BCUT2D eigenvalue weighted by Crippen LogP contribution is 2.10. The Bertz CT molecular complexity index is 381. The zero-order chi connectivity index (χ0) is 22.1. The third-order valence-corrected chi connectivity index (χ3v) is 5.34. The van der Waals surface area contributed by atoms with E-state index in [-0.39, 0.29) is 12.6 Å². The molecule has 4 heteroatoms. The van der Waals surface area contributed by atoms with E-state index in [1.165, 1.54) is 83.5 Å². The molecule has 0 saturated heterocycles. The standard InChI is InChI=1S/C26H50O4/c1-3-5-7-9-11-12-13-14-15-16-18-20-22-29-24-25(23-27)30-26(28)21-19-17-10-8-6-4-2/h9,11,25,27H,3-8,10,12-24H2,1-2H3/b11-9-. The minimum absolute atomic E-state index is 0.171. The highest BCUT2D eigenvalue weighted by molar-refractivity contribution is 5.69. The summed E-state index contributed by atoms with van der Waals surface area (Å²) in [5.74, 6) is -0.214. The summed E-state index contributed by atoms with van der Waals surface area (Å²) in [5.41, 5.74) is 0. The number of hydrogen-bond acceptors (Lipinski definition) is 4. The lowest BCUT2D eigenvalue weighted by Crippen LogP contribution is -2.27. The first-order valence-electron chi connectivity index (χ1n) is 12.8. The van der Waals surface area contributed by atoms with E-state index >= 15 is 0 Å². The van der Waals surface area contributed by atoms with Gasteiger partial charge in [-0.3, -0.25) is 4.79 Å². The van der Waals surface area contributed by atoms with Gasteiger partial charge in [0.2, 0.25) is 0 Å². The van der Waals surface area contributed by atoms with E-state index in [4.69, 9.17) is 9.47 Å². The smallest absolute Gasteiger partial charge is 0.306 e. The number of unbranched alkanes of at least 4 members (excludes halogenated alkanes) is 13. The minimum atomic E-state index is -0.525. The van der Waals surface area contributed by atoms with Crippen LogP contribution in [0.2, 0.25) is 0 Å². The molecule has 0 rings (SSSR count). The van der Waals surface area contributed by atoms with Crippen molar-refractivity contribution in [1.29, 1.82) is 0 Å². The van der Waals surface area contributed by atoms with Crippen molar-refractivity contribution in [2.24, 2.45) is 0 Å². The Morgan fingerprint density at radius 3 is 2.00 bits per heavy atom.